The number of carbonyl (C=O) groups is 1. The maximum atomic E-state index is 12.4. The molecule has 0 atom stereocenters. The third-order valence-electron chi connectivity index (χ3n) is 4.58. The van der Waals surface area contributed by atoms with Crippen LogP contribution in [-0.4, -0.2) is 51.9 Å². The van der Waals surface area contributed by atoms with Crippen molar-refractivity contribution in [3.05, 3.63) is 58.6 Å². The molecule has 0 aromatic heterocycles. The van der Waals surface area contributed by atoms with Crippen LogP contribution in [0.15, 0.2) is 53.4 Å². The van der Waals surface area contributed by atoms with Gasteiger partial charge in [0.05, 0.1) is 15.7 Å². The summed E-state index contributed by atoms with van der Waals surface area (Å²) >= 11 is 12.2. The van der Waals surface area contributed by atoms with Crippen LogP contribution in [0.2, 0.25) is 10.0 Å². The molecule has 9 heteroatoms. The number of hydrogen-bond acceptors (Lipinski definition) is 4. The number of rotatable bonds is 6. The van der Waals surface area contributed by atoms with E-state index in [1.165, 1.54) is 12.1 Å². The van der Waals surface area contributed by atoms with Crippen LogP contribution in [0.3, 0.4) is 0 Å². The SMILES string of the molecule is O=C(CCNS(=O)(=O)c1ccccc1Cl)N1CCN(c2ccccc2Cl)CC1. The summed E-state index contributed by atoms with van der Waals surface area (Å²) in [7, 11) is -3.74. The molecule has 3 rings (SSSR count). The largest absolute Gasteiger partial charge is 0.367 e. The van der Waals surface area contributed by atoms with Crippen molar-refractivity contribution in [3.63, 3.8) is 0 Å². The fourth-order valence-electron chi connectivity index (χ4n) is 3.10. The van der Waals surface area contributed by atoms with Gasteiger partial charge in [-0.05, 0) is 24.3 Å². The number of hydrogen-bond donors (Lipinski definition) is 1. The summed E-state index contributed by atoms with van der Waals surface area (Å²) in [5.74, 6) is -0.0827. The molecule has 0 unspecified atom stereocenters. The lowest BCUT2D eigenvalue weighted by Gasteiger charge is -2.36. The number of halogens is 2. The van der Waals surface area contributed by atoms with Gasteiger partial charge in [0.15, 0.2) is 0 Å². The predicted molar refractivity (Wildman–Crippen MR) is 112 cm³/mol. The molecule has 1 N–H and O–H groups in total. The number of carbonyl (C=O) groups excluding carboxylic acids is 1. The molecule has 2 aromatic rings. The summed E-state index contributed by atoms with van der Waals surface area (Å²) in [5.41, 5.74) is 0.962. The highest BCUT2D eigenvalue weighted by Crippen LogP contribution is 2.26. The first-order chi connectivity index (χ1) is 13.4. The molecule has 0 radical (unpaired) electrons. The van der Waals surface area contributed by atoms with Crippen LogP contribution in [0.25, 0.3) is 0 Å². The van der Waals surface area contributed by atoms with E-state index < -0.39 is 10.0 Å². The highest BCUT2D eigenvalue weighted by atomic mass is 35.5. The van der Waals surface area contributed by atoms with Crippen molar-refractivity contribution >= 4 is 44.8 Å². The first kappa shape index (κ1) is 20.9. The number of nitrogens with one attached hydrogen (secondary N) is 1. The number of nitrogens with zero attached hydrogens (tertiary/aromatic N) is 2. The van der Waals surface area contributed by atoms with Gasteiger partial charge in [0, 0.05) is 39.1 Å². The minimum absolute atomic E-state index is 0.0115. The van der Waals surface area contributed by atoms with Crippen molar-refractivity contribution in [1.29, 1.82) is 0 Å². The van der Waals surface area contributed by atoms with Gasteiger partial charge >= 0.3 is 0 Å². The number of para-hydroxylation sites is 1. The molecule has 1 aliphatic rings. The Balaban J connectivity index is 1.49. The second-order valence-corrected chi connectivity index (χ2v) is 8.95. The van der Waals surface area contributed by atoms with Crippen LogP contribution in [0.4, 0.5) is 5.69 Å². The molecular formula is C19H21Cl2N3O3S. The maximum absolute atomic E-state index is 12.4. The lowest BCUT2D eigenvalue weighted by Crippen LogP contribution is -2.49. The topological polar surface area (TPSA) is 69.7 Å². The minimum atomic E-state index is -3.74. The second-order valence-electron chi connectivity index (χ2n) is 6.40. The molecule has 1 saturated heterocycles. The van der Waals surface area contributed by atoms with Crippen molar-refractivity contribution in [2.45, 2.75) is 11.3 Å². The number of amides is 1. The van der Waals surface area contributed by atoms with E-state index in [0.717, 1.165) is 5.69 Å². The van der Waals surface area contributed by atoms with E-state index in [2.05, 4.69) is 9.62 Å². The Hall–Kier alpha value is -1.80. The number of piperazine rings is 1. The molecule has 28 heavy (non-hydrogen) atoms. The molecule has 150 valence electrons. The zero-order chi connectivity index (χ0) is 20.1. The molecule has 6 nitrogen and oxygen atoms in total. The van der Waals surface area contributed by atoms with Crippen LogP contribution in [0, 0.1) is 0 Å². The van der Waals surface area contributed by atoms with E-state index in [-0.39, 0.29) is 28.8 Å². The summed E-state index contributed by atoms with van der Waals surface area (Å²) in [6.45, 7) is 2.53. The third-order valence-corrected chi connectivity index (χ3v) is 6.86. The molecule has 1 amide bonds. The van der Waals surface area contributed by atoms with Crippen LogP contribution >= 0.6 is 23.2 Å². The third kappa shape index (κ3) is 4.97. The molecule has 1 aliphatic heterocycles. The zero-order valence-electron chi connectivity index (χ0n) is 15.1. The molecular weight excluding hydrogens is 421 g/mol. The molecule has 0 bridgehead atoms. The lowest BCUT2D eigenvalue weighted by atomic mass is 10.2. The highest BCUT2D eigenvalue weighted by molar-refractivity contribution is 7.89. The van der Waals surface area contributed by atoms with Crippen LogP contribution in [-0.2, 0) is 14.8 Å². The Morgan fingerprint density at radius 3 is 2.18 bits per heavy atom. The first-order valence-electron chi connectivity index (χ1n) is 8.90. The Labute approximate surface area is 175 Å². The quantitative estimate of drug-likeness (QED) is 0.747. The first-order valence-corrected chi connectivity index (χ1v) is 11.1. The fourth-order valence-corrected chi connectivity index (χ4v) is 4.90. The standard InChI is InChI=1S/C19H21Cl2N3O3S/c20-15-5-1-3-7-17(15)23-11-13-24(14-12-23)19(25)9-10-22-28(26,27)18-8-4-2-6-16(18)21/h1-8,22H,9-14H2. The van der Waals surface area contributed by atoms with E-state index >= 15 is 0 Å². The van der Waals surface area contributed by atoms with E-state index in [9.17, 15) is 13.2 Å². The van der Waals surface area contributed by atoms with E-state index in [4.69, 9.17) is 23.2 Å². The Morgan fingerprint density at radius 2 is 1.54 bits per heavy atom. The van der Waals surface area contributed by atoms with Crippen LogP contribution in [0.5, 0.6) is 0 Å². The van der Waals surface area contributed by atoms with Gasteiger partial charge in [-0.3, -0.25) is 4.79 Å². The smallest absolute Gasteiger partial charge is 0.242 e. The molecule has 2 aromatic carbocycles. The minimum Gasteiger partial charge on any atom is -0.367 e. The lowest BCUT2D eigenvalue weighted by molar-refractivity contribution is -0.131. The average Bonchev–Trinajstić information content (AvgIpc) is 2.68. The Morgan fingerprint density at radius 1 is 0.929 bits per heavy atom. The molecule has 0 spiro atoms. The van der Waals surface area contributed by atoms with E-state index in [1.807, 2.05) is 24.3 Å². The summed E-state index contributed by atoms with van der Waals surface area (Å²) in [6, 6.07) is 13.8. The van der Waals surface area contributed by atoms with Crippen molar-refractivity contribution in [2.75, 3.05) is 37.6 Å². The van der Waals surface area contributed by atoms with Gasteiger partial charge in [0.1, 0.15) is 4.90 Å². The van der Waals surface area contributed by atoms with Crippen LogP contribution < -0.4 is 9.62 Å². The monoisotopic (exact) mass is 441 g/mol. The normalized spacial score (nSPS) is 14.9. The van der Waals surface area contributed by atoms with Gasteiger partial charge in [-0.15, -0.1) is 0 Å². The van der Waals surface area contributed by atoms with Gasteiger partial charge in [0.25, 0.3) is 0 Å². The van der Waals surface area contributed by atoms with Crippen molar-refractivity contribution in [3.8, 4) is 0 Å². The van der Waals surface area contributed by atoms with E-state index in [0.29, 0.717) is 31.2 Å². The van der Waals surface area contributed by atoms with Crippen LogP contribution in [0.1, 0.15) is 6.42 Å². The Bertz CT molecular complexity index is 945. The van der Waals surface area contributed by atoms with Crippen molar-refractivity contribution < 1.29 is 13.2 Å². The van der Waals surface area contributed by atoms with Crippen molar-refractivity contribution in [2.24, 2.45) is 0 Å². The molecule has 1 heterocycles. The van der Waals surface area contributed by atoms with Gasteiger partial charge in [-0.2, -0.15) is 0 Å². The second kappa shape index (κ2) is 9.13. The van der Waals surface area contributed by atoms with Gasteiger partial charge in [0.2, 0.25) is 15.9 Å². The van der Waals surface area contributed by atoms with Crippen molar-refractivity contribution in [1.82, 2.24) is 9.62 Å². The number of sulfonamides is 1. The molecule has 1 fully saturated rings. The molecule has 0 aliphatic carbocycles. The summed E-state index contributed by atoms with van der Waals surface area (Å²) in [6.07, 6.45) is 0.0930. The summed E-state index contributed by atoms with van der Waals surface area (Å²) in [5, 5.41) is 0.841. The highest BCUT2D eigenvalue weighted by Gasteiger charge is 2.23. The zero-order valence-corrected chi connectivity index (χ0v) is 17.5. The predicted octanol–water partition coefficient (Wildman–Crippen LogP) is 3.01. The number of anilines is 1. The Kier molecular flexibility index (Phi) is 6.82. The summed E-state index contributed by atoms with van der Waals surface area (Å²) < 4.78 is 27.0. The van der Waals surface area contributed by atoms with Gasteiger partial charge in [-0.1, -0.05) is 47.5 Å². The van der Waals surface area contributed by atoms with Gasteiger partial charge < -0.3 is 9.80 Å². The average molecular weight is 442 g/mol. The summed E-state index contributed by atoms with van der Waals surface area (Å²) in [4.78, 5) is 16.3. The molecule has 0 saturated carbocycles. The van der Waals surface area contributed by atoms with Gasteiger partial charge in [-0.25, -0.2) is 13.1 Å². The number of benzene rings is 2. The fraction of sp³-hybridized carbons (Fsp3) is 0.316. The maximum Gasteiger partial charge on any atom is 0.242 e. The van der Waals surface area contributed by atoms with E-state index in [1.54, 1.807) is 17.0 Å².